The smallest absolute Gasteiger partial charge is 0.411 e. The molecule has 1 unspecified atom stereocenters. The highest BCUT2D eigenvalue weighted by molar-refractivity contribution is 5.82. The molecule has 1 rings (SSSR count). The first kappa shape index (κ1) is 25.1. The molecule has 0 saturated carbocycles. The second-order valence-electron chi connectivity index (χ2n) is 7.67. The lowest BCUT2D eigenvalue weighted by Crippen LogP contribution is -2.44. The van der Waals surface area contributed by atoms with Gasteiger partial charge in [-0.1, -0.05) is 0 Å². The van der Waals surface area contributed by atoms with E-state index in [1.54, 1.807) is 20.8 Å². The first-order chi connectivity index (χ1) is 13.9. The van der Waals surface area contributed by atoms with Gasteiger partial charge in [-0.3, -0.25) is 4.90 Å². The second kappa shape index (κ2) is 11.3. The minimum Gasteiger partial charge on any atom is -0.464 e. The Balaban J connectivity index is 2.43. The van der Waals surface area contributed by atoms with Crippen LogP contribution in [0, 0.1) is 20.2 Å². The van der Waals surface area contributed by atoms with Gasteiger partial charge in [-0.15, -0.1) is 20.2 Å². The molecule has 1 saturated heterocycles. The standard InChI is InChI=1S/C16H27N3O11/c1-16(2,3)29-15(22)17-9-11(20)8-13(17)14(21)27-7-5-4-6-12(30-19(25)26)10-28-18(23)24/h11-13,20H,4-10H2,1-3H3/t11-,12?,13+/m1/s1. The Morgan fingerprint density at radius 1 is 1.20 bits per heavy atom. The number of rotatable bonds is 11. The molecule has 0 aromatic carbocycles. The number of unbranched alkanes of at least 4 members (excludes halogenated alkanes) is 1. The molecule has 1 aliphatic rings. The molecule has 1 heterocycles. The largest absolute Gasteiger partial charge is 0.464 e. The van der Waals surface area contributed by atoms with Crippen LogP contribution in [0.1, 0.15) is 46.5 Å². The van der Waals surface area contributed by atoms with Crippen molar-refractivity contribution in [2.75, 3.05) is 19.8 Å². The number of hydrogen-bond acceptors (Lipinski definition) is 11. The van der Waals surface area contributed by atoms with Crippen molar-refractivity contribution in [1.29, 1.82) is 0 Å². The molecule has 0 spiro atoms. The van der Waals surface area contributed by atoms with Crippen LogP contribution in [-0.2, 0) is 23.9 Å². The molecule has 0 aliphatic carbocycles. The summed E-state index contributed by atoms with van der Waals surface area (Å²) in [6.07, 6.45) is -2.05. The third-order valence-electron chi connectivity index (χ3n) is 3.94. The lowest BCUT2D eigenvalue weighted by Gasteiger charge is -2.27. The van der Waals surface area contributed by atoms with Crippen molar-refractivity contribution in [2.24, 2.45) is 0 Å². The fourth-order valence-corrected chi connectivity index (χ4v) is 2.73. The zero-order valence-corrected chi connectivity index (χ0v) is 17.1. The molecule has 1 aliphatic heterocycles. The zero-order chi connectivity index (χ0) is 22.9. The summed E-state index contributed by atoms with van der Waals surface area (Å²) in [5, 5.41) is 28.3. The van der Waals surface area contributed by atoms with Gasteiger partial charge in [0.2, 0.25) is 0 Å². The number of carbonyl (C=O) groups is 2. The molecule has 1 N–H and O–H groups in total. The van der Waals surface area contributed by atoms with E-state index in [9.17, 15) is 34.9 Å². The van der Waals surface area contributed by atoms with E-state index in [2.05, 4.69) is 9.68 Å². The van der Waals surface area contributed by atoms with E-state index in [0.29, 0.717) is 12.8 Å². The van der Waals surface area contributed by atoms with E-state index < -0.39 is 52.7 Å². The van der Waals surface area contributed by atoms with E-state index in [0.717, 1.165) is 4.90 Å². The van der Waals surface area contributed by atoms with E-state index in [-0.39, 0.29) is 26.0 Å². The van der Waals surface area contributed by atoms with Gasteiger partial charge in [0.15, 0.2) is 0 Å². The Labute approximate surface area is 172 Å². The summed E-state index contributed by atoms with van der Waals surface area (Å²) in [6.45, 7) is 4.34. The van der Waals surface area contributed by atoms with Crippen LogP contribution >= 0.6 is 0 Å². The Hall–Kier alpha value is -2.90. The number of carbonyl (C=O) groups excluding carboxylic acids is 2. The third-order valence-corrected chi connectivity index (χ3v) is 3.94. The molecule has 172 valence electrons. The summed E-state index contributed by atoms with van der Waals surface area (Å²) < 4.78 is 10.4. The van der Waals surface area contributed by atoms with Gasteiger partial charge in [0.25, 0.3) is 10.2 Å². The number of β-amino-alcohol motifs (C(OH)–C–C–N with tert-alkyl or cyclic N) is 1. The molecular weight excluding hydrogens is 410 g/mol. The molecule has 0 aromatic rings. The molecule has 14 nitrogen and oxygen atoms in total. The predicted octanol–water partition coefficient (Wildman–Crippen LogP) is 0.855. The van der Waals surface area contributed by atoms with Crippen LogP contribution in [0.2, 0.25) is 0 Å². The highest BCUT2D eigenvalue weighted by Gasteiger charge is 2.41. The van der Waals surface area contributed by atoms with Crippen LogP contribution in [0.3, 0.4) is 0 Å². The van der Waals surface area contributed by atoms with E-state index in [4.69, 9.17) is 9.47 Å². The van der Waals surface area contributed by atoms with Crippen molar-refractivity contribution in [3.05, 3.63) is 20.2 Å². The van der Waals surface area contributed by atoms with Crippen LogP contribution in [-0.4, -0.2) is 75.9 Å². The first-order valence-electron chi connectivity index (χ1n) is 9.32. The maximum absolute atomic E-state index is 12.3. The highest BCUT2D eigenvalue weighted by Crippen LogP contribution is 2.22. The second-order valence-corrected chi connectivity index (χ2v) is 7.67. The van der Waals surface area contributed by atoms with Crippen LogP contribution < -0.4 is 0 Å². The Kier molecular flexibility index (Phi) is 9.49. The molecule has 0 bridgehead atoms. The van der Waals surface area contributed by atoms with Gasteiger partial charge in [0.05, 0.1) is 19.3 Å². The van der Waals surface area contributed by atoms with Gasteiger partial charge in [0, 0.05) is 6.42 Å². The summed E-state index contributed by atoms with van der Waals surface area (Å²) in [4.78, 5) is 54.6. The Morgan fingerprint density at radius 2 is 1.87 bits per heavy atom. The number of aliphatic hydroxyl groups excluding tert-OH is 1. The maximum Gasteiger partial charge on any atom is 0.411 e. The average molecular weight is 437 g/mol. The van der Waals surface area contributed by atoms with E-state index in [1.807, 2.05) is 0 Å². The molecular formula is C16H27N3O11. The van der Waals surface area contributed by atoms with E-state index in [1.165, 1.54) is 0 Å². The topological polar surface area (TPSA) is 181 Å². The molecule has 14 heteroatoms. The lowest BCUT2D eigenvalue weighted by atomic mass is 10.1. The number of likely N-dealkylation sites (tertiary alicyclic amines) is 1. The summed E-state index contributed by atoms with van der Waals surface area (Å²) in [7, 11) is 0. The highest BCUT2D eigenvalue weighted by atomic mass is 17.0. The summed E-state index contributed by atoms with van der Waals surface area (Å²) in [5.74, 6) is -0.702. The molecule has 1 amide bonds. The van der Waals surface area contributed by atoms with Crippen molar-refractivity contribution in [3.63, 3.8) is 0 Å². The SMILES string of the molecule is CC(C)(C)OC(=O)N1C[C@H](O)C[C@H]1C(=O)OCCCCC(CO[N+](=O)[O-])O[N+](=O)[O-]. The predicted molar refractivity (Wildman–Crippen MR) is 97.0 cm³/mol. The number of amides is 1. The van der Waals surface area contributed by atoms with Crippen LogP contribution in [0.25, 0.3) is 0 Å². The number of aliphatic hydroxyl groups is 1. The van der Waals surface area contributed by atoms with Gasteiger partial charge in [-0.25, -0.2) is 9.59 Å². The van der Waals surface area contributed by atoms with E-state index >= 15 is 0 Å². The minimum atomic E-state index is -1.13. The monoisotopic (exact) mass is 437 g/mol. The molecule has 3 atom stereocenters. The van der Waals surface area contributed by atoms with Gasteiger partial charge < -0.3 is 24.3 Å². The molecule has 0 aromatic heterocycles. The van der Waals surface area contributed by atoms with Crippen molar-refractivity contribution >= 4 is 12.1 Å². The molecule has 1 fully saturated rings. The minimum absolute atomic E-state index is 0.0229. The maximum atomic E-state index is 12.3. The fraction of sp³-hybridized carbons (Fsp3) is 0.875. The Bertz CT molecular complexity index is 622. The summed E-state index contributed by atoms with van der Waals surface area (Å²) in [5.41, 5.74) is -0.764. The summed E-state index contributed by atoms with van der Waals surface area (Å²) >= 11 is 0. The average Bonchev–Trinajstić information content (AvgIpc) is 2.99. The quantitative estimate of drug-likeness (QED) is 0.209. The first-order valence-corrected chi connectivity index (χ1v) is 9.32. The molecule has 30 heavy (non-hydrogen) atoms. The Morgan fingerprint density at radius 3 is 2.43 bits per heavy atom. The van der Waals surface area contributed by atoms with Crippen molar-refractivity contribution < 1.29 is 44.0 Å². The van der Waals surface area contributed by atoms with Crippen LogP contribution in [0.4, 0.5) is 4.79 Å². The van der Waals surface area contributed by atoms with Gasteiger partial charge >= 0.3 is 12.1 Å². The zero-order valence-electron chi connectivity index (χ0n) is 17.1. The van der Waals surface area contributed by atoms with Crippen LogP contribution in [0.15, 0.2) is 0 Å². The fourth-order valence-electron chi connectivity index (χ4n) is 2.73. The summed E-state index contributed by atoms with van der Waals surface area (Å²) in [6, 6.07) is -0.978. The number of ether oxygens (including phenoxy) is 2. The number of nitrogens with zero attached hydrogens (tertiary/aromatic N) is 3. The van der Waals surface area contributed by atoms with Gasteiger partial charge in [-0.2, -0.15) is 0 Å². The van der Waals surface area contributed by atoms with Gasteiger partial charge in [0.1, 0.15) is 24.4 Å². The van der Waals surface area contributed by atoms with Crippen LogP contribution in [0.5, 0.6) is 0 Å². The normalized spacial score (nSPS) is 19.7. The lowest BCUT2D eigenvalue weighted by molar-refractivity contribution is -0.790. The number of esters is 1. The van der Waals surface area contributed by atoms with Crippen molar-refractivity contribution in [2.45, 2.75) is 70.3 Å². The number of hydrogen-bond donors (Lipinski definition) is 1. The van der Waals surface area contributed by atoms with Crippen molar-refractivity contribution in [3.8, 4) is 0 Å². The molecule has 0 radical (unpaired) electrons. The third kappa shape index (κ3) is 9.54. The van der Waals surface area contributed by atoms with Gasteiger partial charge in [-0.05, 0) is 40.0 Å². The van der Waals surface area contributed by atoms with Crippen molar-refractivity contribution in [1.82, 2.24) is 4.90 Å².